The Hall–Kier alpha value is -0.530. The molecule has 1 unspecified atom stereocenters. The SMILES string of the molecule is CCCCCCN1CCCC1Cc1ccc(Cl)cc1. The number of likely N-dealkylation sites (tertiary alicyclic amines) is 1. The number of halogens is 1. The molecule has 1 nitrogen and oxygen atoms in total. The molecule has 2 rings (SSSR count). The van der Waals surface area contributed by atoms with E-state index in [0.29, 0.717) is 0 Å². The van der Waals surface area contributed by atoms with Gasteiger partial charge in [0.15, 0.2) is 0 Å². The van der Waals surface area contributed by atoms with Crippen molar-refractivity contribution in [2.24, 2.45) is 0 Å². The van der Waals surface area contributed by atoms with Gasteiger partial charge in [0, 0.05) is 11.1 Å². The Labute approximate surface area is 123 Å². The van der Waals surface area contributed by atoms with Gasteiger partial charge in [-0.25, -0.2) is 0 Å². The van der Waals surface area contributed by atoms with Crippen molar-refractivity contribution < 1.29 is 0 Å². The molecule has 1 saturated heterocycles. The van der Waals surface area contributed by atoms with Gasteiger partial charge in [-0.2, -0.15) is 0 Å². The molecule has 1 atom stereocenters. The molecule has 1 aromatic rings. The molecule has 1 heterocycles. The maximum atomic E-state index is 5.94. The van der Waals surface area contributed by atoms with Crippen molar-refractivity contribution in [2.75, 3.05) is 13.1 Å². The summed E-state index contributed by atoms with van der Waals surface area (Å²) < 4.78 is 0. The molecule has 0 aromatic heterocycles. The Bertz CT molecular complexity index is 360. The van der Waals surface area contributed by atoms with Crippen LogP contribution in [-0.4, -0.2) is 24.0 Å². The van der Waals surface area contributed by atoms with E-state index in [0.717, 1.165) is 11.1 Å². The van der Waals surface area contributed by atoms with Crippen LogP contribution in [0.1, 0.15) is 51.0 Å². The largest absolute Gasteiger partial charge is 0.300 e. The minimum absolute atomic E-state index is 0.753. The van der Waals surface area contributed by atoms with Crippen LogP contribution in [0, 0.1) is 0 Å². The van der Waals surface area contributed by atoms with Gasteiger partial charge in [-0.1, -0.05) is 49.9 Å². The Balaban J connectivity index is 1.79. The number of nitrogens with zero attached hydrogens (tertiary/aromatic N) is 1. The van der Waals surface area contributed by atoms with Gasteiger partial charge < -0.3 is 4.90 Å². The molecule has 0 saturated carbocycles. The van der Waals surface area contributed by atoms with Crippen LogP contribution in [0.25, 0.3) is 0 Å². The molecule has 1 aliphatic heterocycles. The maximum absolute atomic E-state index is 5.94. The number of unbranched alkanes of at least 4 members (excludes halogenated alkanes) is 3. The van der Waals surface area contributed by atoms with Crippen LogP contribution in [0.2, 0.25) is 5.02 Å². The van der Waals surface area contributed by atoms with Gasteiger partial charge in [0.05, 0.1) is 0 Å². The zero-order chi connectivity index (χ0) is 13.5. The smallest absolute Gasteiger partial charge is 0.0406 e. The second kappa shape index (κ2) is 7.91. The van der Waals surface area contributed by atoms with Crippen molar-refractivity contribution >= 4 is 11.6 Å². The molecular formula is C17H26ClN. The van der Waals surface area contributed by atoms with E-state index in [2.05, 4.69) is 24.0 Å². The lowest BCUT2D eigenvalue weighted by Gasteiger charge is -2.24. The van der Waals surface area contributed by atoms with Crippen LogP contribution in [0.3, 0.4) is 0 Å². The third kappa shape index (κ3) is 4.81. The summed E-state index contributed by atoms with van der Waals surface area (Å²) in [5.41, 5.74) is 1.43. The standard InChI is InChI=1S/C17H26ClN/c1-2-3-4-5-12-19-13-6-7-17(19)14-15-8-10-16(18)11-9-15/h8-11,17H,2-7,12-14H2,1H3. The lowest BCUT2D eigenvalue weighted by atomic mass is 10.0. The fourth-order valence-corrected chi connectivity index (χ4v) is 3.18. The second-order valence-electron chi connectivity index (χ2n) is 5.72. The summed E-state index contributed by atoms with van der Waals surface area (Å²) in [7, 11) is 0. The zero-order valence-electron chi connectivity index (χ0n) is 12.1. The molecule has 0 radical (unpaired) electrons. The Morgan fingerprint density at radius 2 is 1.95 bits per heavy atom. The Morgan fingerprint density at radius 3 is 2.68 bits per heavy atom. The summed E-state index contributed by atoms with van der Waals surface area (Å²) in [6.45, 7) is 4.86. The van der Waals surface area contributed by atoms with Gasteiger partial charge in [-0.05, 0) is 56.5 Å². The highest BCUT2D eigenvalue weighted by Crippen LogP contribution is 2.22. The van der Waals surface area contributed by atoms with Crippen molar-refractivity contribution in [1.29, 1.82) is 0 Å². The van der Waals surface area contributed by atoms with Gasteiger partial charge in [0.1, 0.15) is 0 Å². The van der Waals surface area contributed by atoms with Crippen LogP contribution in [0.5, 0.6) is 0 Å². The van der Waals surface area contributed by atoms with Gasteiger partial charge in [-0.3, -0.25) is 0 Å². The highest BCUT2D eigenvalue weighted by molar-refractivity contribution is 6.30. The quantitative estimate of drug-likeness (QED) is 0.640. The predicted octanol–water partition coefficient (Wildman–Crippen LogP) is 4.93. The molecule has 106 valence electrons. The molecular weight excluding hydrogens is 254 g/mol. The predicted molar refractivity (Wildman–Crippen MR) is 83.9 cm³/mol. The highest BCUT2D eigenvalue weighted by Gasteiger charge is 2.23. The lowest BCUT2D eigenvalue weighted by molar-refractivity contribution is 0.246. The van der Waals surface area contributed by atoms with E-state index in [-0.39, 0.29) is 0 Å². The molecule has 0 bridgehead atoms. The Morgan fingerprint density at radius 1 is 1.16 bits per heavy atom. The van der Waals surface area contributed by atoms with Gasteiger partial charge in [0.2, 0.25) is 0 Å². The van der Waals surface area contributed by atoms with Crippen LogP contribution in [0.4, 0.5) is 0 Å². The first-order chi connectivity index (χ1) is 9.29. The normalized spacial score (nSPS) is 20.0. The van der Waals surface area contributed by atoms with Crippen LogP contribution in [0.15, 0.2) is 24.3 Å². The van der Waals surface area contributed by atoms with Crippen LogP contribution in [-0.2, 0) is 6.42 Å². The molecule has 19 heavy (non-hydrogen) atoms. The van der Waals surface area contributed by atoms with Crippen LogP contribution < -0.4 is 0 Å². The molecule has 1 aromatic carbocycles. The number of hydrogen-bond donors (Lipinski definition) is 0. The first-order valence-corrected chi connectivity index (χ1v) is 8.16. The van der Waals surface area contributed by atoms with Gasteiger partial charge >= 0.3 is 0 Å². The first-order valence-electron chi connectivity index (χ1n) is 7.78. The minimum atomic E-state index is 0.753. The summed E-state index contributed by atoms with van der Waals surface area (Å²) in [6, 6.07) is 9.13. The average Bonchev–Trinajstić information content (AvgIpc) is 2.85. The summed E-state index contributed by atoms with van der Waals surface area (Å²) in [5, 5.41) is 0.839. The van der Waals surface area contributed by atoms with Crippen LogP contribution >= 0.6 is 11.6 Å². The fourth-order valence-electron chi connectivity index (χ4n) is 3.05. The van der Waals surface area contributed by atoms with Crippen molar-refractivity contribution in [3.8, 4) is 0 Å². The summed E-state index contributed by atoms with van der Waals surface area (Å²) in [6.07, 6.45) is 9.38. The fraction of sp³-hybridized carbons (Fsp3) is 0.647. The van der Waals surface area contributed by atoms with E-state index in [1.54, 1.807) is 0 Å². The van der Waals surface area contributed by atoms with Gasteiger partial charge in [-0.15, -0.1) is 0 Å². The van der Waals surface area contributed by atoms with Crippen molar-refractivity contribution in [3.05, 3.63) is 34.9 Å². The zero-order valence-corrected chi connectivity index (χ0v) is 12.8. The number of hydrogen-bond acceptors (Lipinski definition) is 1. The van der Waals surface area contributed by atoms with E-state index >= 15 is 0 Å². The molecule has 0 N–H and O–H groups in total. The van der Waals surface area contributed by atoms with Crippen molar-refractivity contribution in [1.82, 2.24) is 4.90 Å². The highest BCUT2D eigenvalue weighted by atomic mass is 35.5. The lowest BCUT2D eigenvalue weighted by Crippen LogP contribution is -2.32. The molecule has 1 fully saturated rings. The number of benzene rings is 1. The molecule has 1 aliphatic rings. The van der Waals surface area contributed by atoms with E-state index in [1.165, 1.54) is 63.6 Å². The van der Waals surface area contributed by atoms with E-state index in [4.69, 9.17) is 11.6 Å². The summed E-state index contributed by atoms with van der Waals surface area (Å²) >= 11 is 5.94. The monoisotopic (exact) mass is 279 g/mol. The molecule has 0 spiro atoms. The van der Waals surface area contributed by atoms with Gasteiger partial charge in [0.25, 0.3) is 0 Å². The van der Waals surface area contributed by atoms with Crippen molar-refractivity contribution in [3.63, 3.8) is 0 Å². The second-order valence-corrected chi connectivity index (χ2v) is 6.16. The third-order valence-electron chi connectivity index (χ3n) is 4.18. The number of rotatable bonds is 7. The topological polar surface area (TPSA) is 3.24 Å². The van der Waals surface area contributed by atoms with E-state index in [1.807, 2.05) is 12.1 Å². The Kier molecular flexibility index (Phi) is 6.19. The summed E-state index contributed by atoms with van der Waals surface area (Å²) in [5.74, 6) is 0. The average molecular weight is 280 g/mol. The minimum Gasteiger partial charge on any atom is -0.300 e. The molecule has 0 aliphatic carbocycles. The molecule has 2 heteroatoms. The molecule has 0 amide bonds. The van der Waals surface area contributed by atoms with E-state index < -0.39 is 0 Å². The first kappa shape index (κ1) is 14.9. The van der Waals surface area contributed by atoms with Crippen molar-refractivity contribution in [2.45, 2.75) is 57.9 Å². The maximum Gasteiger partial charge on any atom is 0.0406 e. The summed E-state index contributed by atoms with van der Waals surface area (Å²) in [4.78, 5) is 2.70. The van der Waals surface area contributed by atoms with E-state index in [9.17, 15) is 0 Å². The third-order valence-corrected chi connectivity index (χ3v) is 4.43.